The third-order valence-corrected chi connectivity index (χ3v) is 5.57. The summed E-state index contributed by atoms with van der Waals surface area (Å²) in [5.41, 5.74) is 2.85. The highest BCUT2D eigenvalue weighted by atomic mass is 35.5. The Balaban J connectivity index is 1.82. The van der Waals surface area contributed by atoms with Crippen molar-refractivity contribution in [3.05, 3.63) is 58.6 Å². The molecular weight excluding hydrogens is 360 g/mol. The molecule has 5 heteroatoms. The molecule has 2 amide bonds. The van der Waals surface area contributed by atoms with Gasteiger partial charge in [0.1, 0.15) is 0 Å². The summed E-state index contributed by atoms with van der Waals surface area (Å²) in [6, 6.07) is 13.1. The van der Waals surface area contributed by atoms with Crippen LogP contribution < -0.4 is 10.6 Å². The number of carbonyl (C=O) groups is 2. The van der Waals surface area contributed by atoms with Gasteiger partial charge in [0.25, 0.3) is 0 Å². The number of hydrogen-bond donors (Lipinski definition) is 2. The van der Waals surface area contributed by atoms with Crippen LogP contribution in [0.5, 0.6) is 0 Å². The number of benzene rings is 2. The van der Waals surface area contributed by atoms with Crippen molar-refractivity contribution in [3.63, 3.8) is 0 Å². The molecule has 0 spiro atoms. The largest absolute Gasteiger partial charge is 0.326 e. The molecule has 0 saturated heterocycles. The van der Waals surface area contributed by atoms with Crippen molar-refractivity contribution in [1.82, 2.24) is 0 Å². The molecule has 3 rings (SSSR count). The standard InChI is InChI=1S/C22H25ClN2O2/c1-14(2)20(26)24-18-10-5-15(3)19(13-18)25-21(27)22(11-4-12-22)16-6-8-17(23)9-7-16/h5-10,13-14H,4,11-12H2,1-3H3,(H,24,26)(H,25,27). The Morgan fingerprint density at radius 1 is 1.04 bits per heavy atom. The van der Waals surface area contributed by atoms with E-state index >= 15 is 0 Å². The summed E-state index contributed by atoms with van der Waals surface area (Å²) in [7, 11) is 0. The predicted octanol–water partition coefficient (Wildman–Crippen LogP) is 5.30. The van der Waals surface area contributed by atoms with Crippen molar-refractivity contribution in [2.24, 2.45) is 5.92 Å². The van der Waals surface area contributed by atoms with Crippen LogP contribution >= 0.6 is 11.6 Å². The molecule has 0 heterocycles. The lowest BCUT2D eigenvalue weighted by Gasteiger charge is -2.41. The number of carbonyl (C=O) groups excluding carboxylic acids is 2. The molecule has 2 N–H and O–H groups in total. The second-order valence-corrected chi connectivity index (χ2v) is 8.01. The molecule has 1 fully saturated rings. The number of aryl methyl sites for hydroxylation is 1. The predicted molar refractivity (Wildman–Crippen MR) is 110 cm³/mol. The molecule has 0 aliphatic heterocycles. The summed E-state index contributed by atoms with van der Waals surface area (Å²) in [6.07, 6.45) is 2.67. The molecule has 0 aromatic heterocycles. The highest BCUT2D eigenvalue weighted by Gasteiger charge is 2.45. The van der Waals surface area contributed by atoms with Gasteiger partial charge in [0.05, 0.1) is 5.41 Å². The lowest BCUT2D eigenvalue weighted by molar-refractivity contribution is -0.124. The Labute approximate surface area is 165 Å². The first-order valence-corrected chi connectivity index (χ1v) is 9.69. The quantitative estimate of drug-likeness (QED) is 0.734. The monoisotopic (exact) mass is 384 g/mol. The van der Waals surface area contributed by atoms with Crippen LogP contribution in [-0.2, 0) is 15.0 Å². The Morgan fingerprint density at radius 2 is 1.70 bits per heavy atom. The van der Waals surface area contributed by atoms with Gasteiger partial charge in [-0.2, -0.15) is 0 Å². The van der Waals surface area contributed by atoms with E-state index in [-0.39, 0.29) is 17.7 Å². The minimum absolute atomic E-state index is 0.00786. The number of rotatable bonds is 5. The van der Waals surface area contributed by atoms with Crippen molar-refractivity contribution in [1.29, 1.82) is 0 Å². The molecule has 1 aliphatic carbocycles. The van der Waals surface area contributed by atoms with Gasteiger partial charge >= 0.3 is 0 Å². The minimum atomic E-state index is -0.506. The average molecular weight is 385 g/mol. The fourth-order valence-corrected chi connectivity index (χ4v) is 3.44. The van der Waals surface area contributed by atoms with E-state index in [1.165, 1.54) is 0 Å². The van der Waals surface area contributed by atoms with Gasteiger partial charge in [0.15, 0.2) is 0 Å². The number of hydrogen-bond acceptors (Lipinski definition) is 2. The lowest BCUT2D eigenvalue weighted by Crippen LogP contribution is -2.46. The zero-order chi connectivity index (χ0) is 19.6. The fourth-order valence-electron chi connectivity index (χ4n) is 3.31. The summed E-state index contributed by atoms with van der Waals surface area (Å²) in [6.45, 7) is 5.64. The molecule has 27 heavy (non-hydrogen) atoms. The first-order chi connectivity index (χ1) is 12.8. The molecule has 2 aromatic carbocycles. The summed E-state index contributed by atoms with van der Waals surface area (Å²) in [4.78, 5) is 25.1. The van der Waals surface area contributed by atoms with E-state index in [1.807, 2.05) is 63.2 Å². The van der Waals surface area contributed by atoms with Gasteiger partial charge < -0.3 is 10.6 Å². The van der Waals surface area contributed by atoms with E-state index in [9.17, 15) is 9.59 Å². The Kier molecular flexibility index (Phi) is 5.56. The van der Waals surface area contributed by atoms with Crippen LogP contribution in [0.4, 0.5) is 11.4 Å². The van der Waals surface area contributed by atoms with Crippen LogP contribution in [0.3, 0.4) is 0 Å². The summed E-state index contributed by atoms with van der Waals surface area (Å²) in [5, 5.41) is 6.63. The molecule has 1 saturated carbocycles. The van der Waals surface area contributed by atoms with Gasteiger partial charge in [-0.1, -0.05) is 50.1 Å². The lowest BCUT2D eigenvalue weighted by atomic mass is 9.64. The number of amides is 2. The second-order valence-electron chi connectivity index (χ2n) is 7.57. The van der Waals surface area contributed by atoms with Crippen molar-refractivity contribution in [2.75, 3.05) is 10.6 Å². The second kappa shape index (κ2) is 7.73. The third-order valence-electron chi connectivity index (χ3n) is 5.32. The van der Waals surface area contributed by atoms with E-state index in [2.05, 4.69) is 10.6 Å². The maximum atomic E-state index is 13.2. The van der Waals surface area contributed by atoms with Gasteiger partial charge in [-0.05, 0) is 55.2 Å². The Bertz CT molecular complexity index is 855. The molecule has 4 nitrogen and oxygen atoms in total. The van der Waals surface area contributed by atoms with Gasteiger partial charge in [0.2, 0.25) is 11.8 Å². The van der Waals surface area contributed by atoms with E-state index < -0.39 is 5.41 Å². The molecular formula is C22H25ClN2O2. The van der Waals surface area contributed by atoms with E-state index in [4.69, 9.17) is 11.6 Å². The molecule has 142 valence electrons. The molecule has 2 aromatic rings. The van der Waals surface area contributed by atoms with Gasteiger partial charge in [-0.25, -0.2) is 0 Å². The molecule has 1 aliphatic rings. The minimum Gasteiger partial charge on any atom is -0.326 e. The van der Waals surface area contributed by atoms with Crippen LogP contribution in [0.2, 0.25) is 5.02 Å². The smallest absolute Gasteiger partial charge is 0.235 e. The molecule has 0 atom stereocenters. The first-order valence-electron chi connectivity index (χ1n) is 9.31. The zero-order valence-corrected chi connectivity index (χ0v) is 16.7. The van der Waals surface area contributed by atoms with Crippen molar-refractivity contribution in [3.8, 4) is 0 Å². The van der Waals surface area contributed by atoms with E-state index in [0.29, 0.717) is 10.7 Å². The van der Waals surface area contributed by atoms with Crippen LogP contribution in [0.1, 0.15) is 44.2 Å². The van der Waals surface area contributed by atoms with Crippen LogP contribution in [0, 0.1) is 12.8 Å². The molecule has 0 unspecified atom stereocenters. The van der Waals surface area contributed by atoms with Crippen molar-refractivity contribution in [2.45, 2.75) is 45.4 Å². The normalized spacial score (nSPS) is 15.1. The van der Waals surface area contributed by atoms with Gasteiger partial charge in [-0.3, -0.25) is 9.59 Å². The van der Waals surface area contributed by atoms with Crippen molar-refractivity contribution < 1.29 is 9.59 Å². The number of nitrogens with one attached hydrogen (secondary N) is 2. The molecule has 0 radical (unpaired) electrons. The number of halogens is 1. The summed E-state index contributed by atoms with van der Waals surface area (Å²) in [5.74, 6) is -0.160. The van der Waals surface area contributed by atoms with Crippen LogP contribution in [-0.4, -0.2) is 11.8 Å². The average Bonchev–Trinajstić information content (AvgIpc) is 2.58. The highest BCUT2D eigenvalue weighted by molar-refractivity contribution is 6.30. The van der Waals surface area contributed by atoms with Gasteiger partial charge in [-0.15, -0.1) is 0 Å². The maximum absolute atomic E-state index is 13.2. The van der Waals surface area contributed by atoms with Crippen molar-refractivity contribution >= 4 is 34.8 Å². The third kappa shape index (κ3) is 4.01. The van der Waals surface area contributed by atoms with Crippen LogP contribution in [0.25, 0.3) is 0 Å². The first kappa shape index (κ1) is 19.4. The topological polar surface area (TPSA) is 58.2 Å². The Hall–Kier alpha value is -2.33. The number of anilines is 2. The fraction of sp³-hybridized carbons (Fsp3) is 0.364. The highest BCUT2D eigenvalue weighted by Crippen LogP contribution is 2.45. The van der Waals surface area contributed by atoms with Gasteiger partial charge in [0, 0.05) is 22.3 Å². The summed E-state index contributed by atoms with van der Waals surface area (Å²) < 4.78 is 0. The zero-order valence-electron chi connectivity index (χ0n) is 15.9. The Morgan fingerprint density at radius 3 is 2.26 bits per heavy atom. The van der Waals surface area contributed by atoms with E-state index in [0.717, 1.165) is 36.1 Å². The SMILES string of the molecule is Cc1ccc(NC(=O)C(C)C)cc1NC(=O)C1(c2ccc(Cl)cc2)CCC1. The van der Waals surface area contributed by atoms with E-state index in [1.54, 1.807) is 0 Å². The van der Waals surface area contributed by atoms with Crippen LogP contribution in [0.15, 0.2) is 42.5 Å². The summed E-state index contributed by atoms with van der Waals surface area (Å²) >= 11 is 6.00. The molecule has 0 bridgehead atoms. The maximum Gasteiger partial charge on any atom is 0.235 e.